The summed E-state index contributed by atoms with van der Waals surface area (Å²) in [7, 11) is 1.60. The molecule has 0 unspecified atom stereocenters. The summed E-state index contributed by atoms with van der Waals surface area (Å²) in [4.78, 5) is 27.0. The summed E-state index contributed by atoms with van der Waals surface area (Å²) in [6.45, 7) is 1.03. The summed E-state index contributed by atoms with van der Waals surface area (Å²) in [5, 5.41) is 2.84. The zero-order valence-electron chi connectivity index (χ0n) is 14.6. The third-order valence-electron chi connectivity index (χ3n) is 4.43. The van der Waals surface area contributed by atoms with Gasteiger partial charge in [-0.3, -0.25) is 9.59 Å². The monoisotopic (exact) mass is 356 g/mol. The van der Waals surface area contributed by atoms with E-state index in [1.165, 1.54) is 11.0 Å². The van der Waals surface area contributed by atoms with Crippen LogP contribution in [0.4, 0.5) is 4.39 Å². The molecule has 6 heteroatoms. The van der Waals surface area contributed by atoms with Crippen molar-refractivity contribution in [3.05, 3.63) is 71.0 Å². The Morgan fingerprint density at radius 3 is 2.69 bits per heavy atom. The van der Waals surface area contributed by atoms with Gasteiger partial charge in [-0.05, 0) is 24.1 Å². The minimum atomic E-state index is -0.763. The van der Waals surface area contributed by atoms with Gasteiger partial charge in [0.15, 0.2) is 0 Å². The van der Waals surface area contributed by atoms with Crippen LogP contribution in [0.5, 0.6) is 0 Å². The first-order chi connectivity index (χ1) is 12.6. The van der Waals surface area contributed by atoms with Gasteiger partial charge in [-0.25, -0.2) is 4.39 Å². The van der Waals surface area contributed by atoms with Gasteiger partial charge in [-0.1, -0.05) is 36.4 Å². The molecular weight excluding hydrogens is 335 g/mol. The maximum absolute atomic E-state index is 14.1. The summed E-state index contributed by atoms with van der Waals surface area (Å²) in [5.41, 5.74) is 1.52. The van der Waals surface area contributed by atoms with Crippen LogP contribution in [0.25, 0.3) is 0 Å². The highest BCUT2D eigenvalue weighted by Gasteiger charge is 2.40. The highest BCUT2D eigenvalue weighted by Crippen LogP contribution is 2.35. The fourth-order valence-corrected chi connectivity index (χ4v) is 3.15. The molecule has 5 nitrogen and oxygen atoms in total. The second-order valence-corrected chi connectivity index (χ2v) is 6.15. The first-order valence-electron chi connectivity index (χ1n) is 8.53. The first-order valence-corrected chi connectivity index (χ1v) is 8.53. The number of carbonyl (C=O) groups is 2. The molecule has 26 heavy (non-hydrogen) atoms. The molecule has 0 aromatic heterocycles. The molecular formula is C20H21FN2O3. The molecule has 0 bridgehead atoms. The third kappa shape index (κ3) is 3.60. The van der Waals surface area contributed by atoms with E-state index >= 15 is 0 Å². The lowest BCUT2D eigenvalue weighted by Crippen LogP contribution is -2.39. The molecule has 136 valence electrons. The molecule has 1 aliphatic heterocycles. The van der Waals surface area contributed by atoms with Crippen LogP contribution in [-0.2, 0) is 16.1 Å². The van der Waals surface area contributed by atoms with E-state index in [1.54, 1.807) is 49.6 Å². The lowest BCUT2D eigenvalue weighted by molar-refractivity contribution is -0.125. The fraction of sp³-hybridized carbons (Fsp3) is 0.300. The Morgan fingerprint density at radius 2 is 1.92 bits per heavy atom. The standard InChI is InChI=1S/C20H21FN2O3/c1-26-12-6-11-22-19(24)18-15-8-3-4-9-16(15)20(25)23(18)13-14-7-2-5-10-17(14)21/h2-5,7-10,18H,6,11-13H2,1H3,(H,22,24)/t18-/m0/s1. The number of hydrogen-bond acceptors (Lipinski definition) is 3. The van der Waals surface area contributed by atoms with E-state index in [0.717, 1.165) is 0 Å². The van der Waals surface area contributed by atoms with Gasteiger partial charge < -0.3 is 15.0 Å². The minimum Gasteiger partial charge on any atom is -0.385 e. The smallest absolute Gasteiger partial charge is 0.255 e. The number of benzene rings is 2. The van der Waals surface area contributed by atoms with E-state index in [0.29, 0.717) is 36.3 Å². The number of hydrogen-bond donors (Lipinski definition) is 1. The summed E-state index contributed by atoms with van der Waals surface area (Å²) in [5.74, 6) is -0.924. The Morgan fingerprint density at radius 1 is 1.19 bits per heavy atom. The lowest BCUT2D eigenvalue weighted by Gasteiger charge is -2.25. The maximum atomic E-state index is 14.1. The molecule has 0 fully saturated rings. The van der Waals surface area contributed by atoms with E-state index in [9.17, 15) is 14.0 Å². The molecule has 1 N–H and O–H groups in total. The molecule has 3 rings (SSSR count). The molecule has 0 spiro atoms. The molecule has 1 aliphatic rings. The van der Waals surface area contributed by atoms with Crippen molar-refractivity contribution in [3.63, 3.8) is 0 Å². The van der Waals surface area contributed by atoms with E-state index in [1.807, 2.05) is 0 Å². The van der Waals surface area contributed by atoms with Crippen LogP contribution in [0, 0.1) is 5.82 Å². The van der Waals surface area contributed by atoms with Crippen LogP contribution >= 0.6 is 0 Å². The number of methoxy groups -OCH3 is 1. The average Bonchev–Trinajstić information content (AvgIpc) is 2.93. The summed E-state index contributed by atoms with van der Waals surface area (Å²) in [6, 6.07) is 12.5. The topological polar surface area (TPSA) is 58.6 Å². The Bertz CT molecular complexity index is 809. The van der Waals surface area contributed by atoms with E-state index in [2.05, 4.69) is 5.32 Å². The predicted molar refractivity (Wildman–Crippen MR) is 95.0 cm³/mol. The van der Waals surface area contributed by atoms with Gasteiger partial charge in [-0.15, -0.1) is 0 Å². The quantitative estimate of drug-likeness (QED) is 0.776. The summed E-state index contributed by atoms with van der Waals surface area (Å²) >= 11 is 0. The zero-order valence-corrected chi connectivity index (χ0v) is 14.6. The molecule has 0 aliphatic carbocycles. The third-order valence-corrected chi connectivity index (χ3v) is 4.43. The van der Waals surface area contributed by atoms with Crippen molar-refractivity contribution in [2.45, 2.75) is 19.0 Å². The van der Waals surface area contributed by atoms with E-state index < -0.39 is 11.9 Å². The second kappa shape index (κ2) is 8.10. The van der Waals surface area contributed by atoms with Gasteiger partial charge in [-0.2, -0.15) is 0 Å². The van der Waals surface area contributed by atoms with Crippen LogP contribution in [0.3, 0.4) is 0 Å². The highest BCUT2D eigenvalue weighted by molar-refractivity contribution is 6.04. The van der Waals surface area contributed by atoms with Crippen molar-refractivity contribution >= 4 is 11.8 Å². The number of fused-ring (bicyclic) bond motifs is 1. The maximum Gasteiger partial charge on any atom is 0.255 e. The molecule has 0 saturated carbocycles. The van der Waals surface area contributed by atoms with Crippen LogP contribution in [0.2, 0.25) is 0 Å². The number of nitrogens with zero attached hydrogens (tertiary/aromatic N) is 1. The Labute approximate surface area is 151 Å². The SMILES string of the molecule is COCCCNC(=O)[C@@H]1c2ccccc2C(=O)N1Cc1ccccc1F. The second-order valence-electron chi connectivity index (χ2n) is 6.15. The van der Waals surface area contributed by atoms with Crippen molar-refractivity contribution in [1.82, 2.24) is 10.2 Å². The minimum absolute atomic E-state index is 0.0380. The van der Waals surface area contributed by atoms with Crippen molar-refractivity contribution in [2.75, 3.05) is 20.3 Å². The highest BCUT2D eigenvalue weighted by atomic mass is 19.1. The van der Waals surface area contributed by atoms with Crippen LogP contribution in [-0.4, -0.2) is 37.0 Å². The normalized spacial score (nSPS) is 15.8. The van der Waals surface area contributed by atoms with Crippen molar-refractivity contribution in [2.24, 2.45) is 0 Å². The van der Waals surface area contributed by atoms with E-state index in [4.69, 9.17) is 4.74 Å². The molecule has 1 heterocycles. The van der Waals surface area contributed by atoms with Crippen molar-refractivity contribution < 1.29 is 18.7 Å². The van der Waals surface area contributed by atoms with Crippen molar-refractivity contribution in [1.29, 1.82) is 0 Å². The first kappa shape index (κ1) is 18.1. The zero-order chi connectivity index (χ0) is 18.5. The largest absolute Gasteiger partial charge is 0.385 e. The van der Waals surface area contributed by atoms with Gasteiger partial charge in [0.05, 0.1) is 6.54 Å². The Kier molecular flexibility index (Phi) is 5.63. The predicted octanol–water partition coefficient (Wildman–Crippen LogP) is 2.68. The summed E-state index contributed by atoms with van der Waals surface area (Å²) < 4.78 is 19.0. The molecule has 2 aromatic carbocycles. The Balaban J connectivity index is 1.85. The number of carbonyl (C=O) groups excluding carboxylic acids is 2. The van der Waals surface area contributed by atoms with Crippen LogP contribution in [0.1, 0.15) is 33.9 Å². The molecule has 2 amide bonds. The number of amides is 2. The average molecular weight is 356 g/mol. The molecule has 0 saturated heterocycles. The summed E-state index contributed by atoms with van der Waals surface area (Å²) in [6.07, 6.45) is 0.678. The molecule has 0 radical (unpaired) electrons. The van der Waals surface area contributed by atoms with E-state index in [-0.39, 0.29) is 18.4 Å². The number of nitrogens with one attached hydrogen (secondary N) is 1. The van der Waals surface area contributed by atoms with Crippen LogP contribution < -0.4 is 5.32 Å². The van der Waals surface area contributed by atoms with Gasteiger partial charge in [0.2, 0.25) is 5.91 Å². The molecule has 1 atom stereocenters. The fourth-order valence-electron chi connectivity index (χ4n) is 3.15. The van der Waals surface area contributed by atoms with Crippen LogP contribution in [0.15, 0.2) is 48.5 Å². The number of halogens is 1. The molecule has 2 aromatic rings. The number of ether oxygens (including phenoxy) is 1. The lowest BCUT2D eigenvalue weighted by atomic mass is 10.0. The van der Waals surface area contributed by atoms with Gasteiger partial charge in [0.1, 0.15) is 11.9 Å². The van der Waals surface area contributed by atoms with Gasteiger partial charge in [0, 0.05) is 31.4 Å². The van der Waals surface area contributed by atoms with Crippen molar-refractivity contribution in [3.8, 4) is 0 Å². The Hall–Kier alpha value is -2.73. The number of rotatable bonds is 7. The van der Waals surface area contributed by atoms with Gasteiger partial charge in [0.25, 0.3) is 5.91 Å². The van der Waals surface area contributed by atoms with Gasteiger partial charge >= 0.3 is 0 Å².